The Morgan fingerprint density at radius 2 is 1.85 bits per heavy atom. The second-order valence-corrected chi connectivity index (χ2v) is 5.76. The third-order valence-corrected chi connectivity index (χ3v) is 4.04. The van der Waals surface area contributed by atoms with Gasteiger partial charge in [-0.3, -0.25) is 0 Å². The number of hydrogen-bond acceptors (Lipinski definition) is 3. The highest BCUT2D eigenvalue weighted by molar-refractivity contribution is 6.35. The summed E-state index contributed by atoms with van der Waals surface area (Å²) in [4.78, 5) is 3.37. The van der Waals surface area contributed by atoms with E-state index in [1.807, 2.05) is 0 Å². The summed E-state index contributed by atoms with van der Waals surface area (Å²) >= 11 is 6.14. The molecule has 3 aromatic heterocycles. The van der Waals surface area contributed by atoms with E-state index >= 15 is 0 Å². The van der Waals surface area contributed by atoms with Crippen molar-refractivity contribution in [2.75, 3.05) is 0 Å². The van der Waals surface area contributed by atoms with Crippen molar-refractivity contribution in [3.63, 3.8) is 0 Å². The predicted molar refractivity (Wildman–Crippen MR) is 82.6 cm³/mol. The molecule has 0 unspecified atom stereocenters. The number of alkyl halides is 5. The third kappa shape index (κ3) is 2.48. The summed E-state index contributed by atoms with van der Waals surface area (Å²) in [5.74, 6) is -1.80. The van der Waals surface area contributed by atoms with Gasteiger partial charge in [0.2, 0.25) is 0 Å². The van der Waals surface area contributed by atoms with Crippen molar-refractivity contribution < 1.29 is 22.0 Å². The van der Waals surface area contributed by atoms with Crippen LogP contribution < -0.4 is 0 Å². The van der Waals surface area contributed by atoms with Gasteiger partial charge in [0.1, 0.15) is 0 Å². The van der Waals surface area contributed by atoms with Crippen LogP contribution in [0.5, 0.6) is 0 Å². The maximum atomic E-state index is 13.5. The minimum atomic E-state index is -4.82. The molecule has 134 valence electrons. The van der Waals surface area contributed by atoms with Crippen molar-refractivity contribution in [3.8, 4) is 5.82 Å². The van der Waals surface area contributed by atoms with E-state index in [4.69, 9.17) is 11.6 Å². The maximum Gasteiger partial charge on any atom is 0.453 e. The first kappa shape index (κ1) is 16.7. The first-order chi connectivity index (χ1) is 12.3. The fourth-order valence-electron chi connectivity index (χ4n) is 2.65. The van der Waals surface area contributed by atoms with Gasteiger partial charge in [-0.1, -0.05) is 23.7 Å². The highest BCUT2D eigenvalue weighted by atomic mass is 35.5. The Balaban J connectivity index is 2.12. The molecule has 1 aromatic carbocycles. The number of hydrogen-bond donors (Lipinski definition) is 0. The van der Waals surface area contributed by atoms with Gasteiger partial charge < -0.3 is 0 Å². The second kappa shape index (κ2) is 5.63. The molecule has 0 atom stereocenters. The summed E-state index contributed by atoms with van der Waals surface area (Å²) in [5.41, 5.74) is -0.527. The lowest BCUT2D eigenvalue weighted by Crippen LogP contribution is -2.11. The van der Waals surface area contributed by atoms with E-state index in [9.17, 15) is 22.0 Å². The van der Waals surface area contributed by atoms with Crippen LogP contribution in [-0.2, 0) is 6.18 Å². The molecule has 0 spiro atoms. The predicted octanol–water partition coefficient (Wildman–Crippen LogP) is 4.68. The summed E-state index contributed by atoms with van der Waals surface area (Å²) in [7, 11) is 0. The Hall–Kier alpha value is -2.75. The molecule has 4 rings (SSSR count). The van der Waals surface area contributed by atoms with Gasteiger partial charge in [0.25, 0.3) is 12.2 Å². The van der Waals surface area contributed by atoms with Gasteiger partial charge in [-0.05, 0) is 18.2 Å². The SMILES string of the molecule is FC(F)c1ccc2nc(C(F)(F)F)nn2c1-n1ncc2cccc(Cl)c21. The van der Waals surface area contributed by atoms with Crippen molar-refractivity contribution in [2.24, 2.45) is 0 Å². The number of fused-ring (bicyclic) bond motifs is 2. The second-order valence-electron chi connectivity index (χ2n) is 5.35. The minimum absolute atomic E-state index is 0.202. The molecular formula is C15H7ClF5N5. The molecule has 0 saturated carbocycles. The Morgan fingerprint density at radius 3 is 2.54 bits per heavy atom. The van der Waals surface area contributed by atoms with Gasteiger partial charge in [-0.2, -0.15) is 22.8 Å². The van der Waals surface area contributed by atoms with Crippen LogP contribution >= 0.6 is 11.6 Å². The number of benzene rings is 1. The molecule has 0 aliphatic rings. The van der Waals surface area contributed by atoms with Crippen LogP contribution in [0.4, 0.5) is 22.0 Å². The molecule has 11 heteroatoms. The smallest absolute Gasteiger partial charge is 0.213 e. The minimum Gasteiger partial charge on any atom is -0.213 e. The van der Waals surface area contributed by atoms with Crippen molar-refractivity contribution in [1.29, 1.82) is 0 Å². The molecule has 0 amide bonds. The molecule has 3 heterocycles. The number of rotatable bonds is 2. The van der Waals surface area contributed by atoms with Crippen molar-refractivity contribution >= 4 is 28.2 Å². The zero-order chi connectivity index (χ0) is 18.6. The maximum absolute atomic E-state index is 13.5. The van der Waals surface area contributed by atoms with Crippen LogP contribution in [-0.4, -0.2) is 24.4 Å². The third-order valence-electron chi connectivity index (χ3n) is 3.73. The molecule has 26 heavy (non-hydrogen) atoms. The van der Waals surface area contributed by atoms with Crippen molar-refractivity contribution in [2.45, 2.75) is 12.6 Å². The fourth-order valence-corrected chi connectivity index (χ4v) is 2.91. The Kier molecular flexibility index (Phi) is 3.62. The zero-order valence-corrected chi connectivity index (χ0v) is 13.3. The molecule has 0 aliphatic carbocycles. The lowest BCUT2D eigenvalue weighted by atomic mass is 10.2. The Morgan fingerprint density at radius 1 is 1.08 bits per heavy atom. The van der Waals surface area contributed by atoms with Crippen LogP contribution in [0.15, 0.2) is 36.5 Å². The standard InChI is InChI=1S/C15H7ClF5N5/c16-9-3-1-2-7-6-22-26(11(7)9)13-8(12(17)18)4-5-10-23-14(15(19,20)21)24-25(10)13/h1-6,12H. The van der Waals surface area contributed by atoms with Gasteiger partial charge in [-0.15, -0.1) is 5.10 Å². The van der Waals surface area contributed by atoms with E-state index in [0.29, 0.717) is 9.90 Å². The summed E-state index contributed by atoms with van der Waals surface area (Å²) in [5, 5.41) is 8.12. The van der Waals surface area contributed by atoms with E-state index in [2.05, 4.69) is 15.2 Å². The lowest BCUT2D eigenvalue weighted by Gasteiger charge is -2.12. The zero-order valence-electron chi connectivity index (χ0n) is 12.5. The molecule has 0 N–H and O–H groups in total. The van der Waals surface area contributed by atoms with E-state index in [-0.39, 0.29) is 22.0 Å². The van der Waals surface area contributed by atoms with E-state index < -0.39 is 24.0 Å². The summed E-state index contributed by atoms with van der Waals surface area (Å²) in [6, 6.07) is 6.85. The number of halogens is 6. The fraction of sp³-hybridized carbons (Fsp3) is 0.133. The molecule has 4 aromatic rings. The van der Waals surface area contributed by atoms with Crippen LogP contribution in [0.2, 0.25) is 5.02 Å². The molecular weight excluding hydrogens is 381 g/mol. The number of aromatic nitrogens is 5. The molecule has 0 fully saturated rings. The first-order valence-electron chi connectivity index (χ1n) is 7.15. The van der Waals surface area contributed by atoms with E-state index in [0.717, 1.165) is 16.8 Å². The van der Waals surface area contributed by atoms with Crippen molar-refractivity contribution in [3.05, 3.63) is 52.9 Å². The number of para-hydroxylation sites is 1. The van der Waals surface area contributed by atoms with Crippen LogP contribution in [0, 0.1) is 0 Å². The Labute approximate surface area is 146 Å². The highest BCUT2D eigenvalue weighted by Gasteiger charge is 2.37. The monoisotopic (exact) mass is 387 g/mol. The highest BCUT2D eigenvalue weighted by Crippen LogP contribution is 2.33. The lowest BCUT2D eigenvalue weighted by molar-refractivity contribution is -0.144. The van der Waals surface area contributed by atoms with Gasteiger partial charge in [-0.25, -0.2) is 18.4 Å². The summed E-state index contributed by atoms with van der Waals surface area (Å²) in [6.45, 7) is 0. The van der Waals surface area contributed by atoms with Gasteiger partial charge in [0.15, 0.2) is 11.5 Å². The average molecular weight is 388 g/mol. The van der Waals surface area contributed by atoms with Gasteiger partial charge in [0.05, 0.1) is 22.3 Å². The molecule has 0 aliphatic heterocycles. The topological polar surface area (TPSA) is 48.0 Å². The van der Waals surface area contributed by atoms with Gasteiger partial charge >= 0.3 is 6.18 Å². The number of pyridine rings is 1. The average Bonchev–Trinajstić information content (AvgIpc) is 3.18. The van der Waals surface area contributed by atoms with E-state index in [1.54, 1.807) is 12.1 Å². The molecule has 0 bridgehead atoms. The van der Waals surface area contributed by atoms with Crippen LogP contribution in [0.25, 0.3) is 22.4 Å². The first-order valence-corrected chi connectivity index (χ1v) is 7.53. The molecule has 0 saturated heterocycles. The van der Waals surface area contributed by atoms with Gasteiger partial charge in [0, 0.05) is 5.39 Å². The summed E-state index contributed by atoms with van der Waals surface area (Å²) in [6.07, 6.45) is -6.43. The molecule has 5 nitrogen and oxygen atoms in total. The summed E-state index contributed by atoms with van der Waals surface area (Å²) < 4.78 is 67.6. The van der Waals surface area contributed by atoms with Crippen molar-refractivity contribution in [1.82, 2.24) is 24.4 Å². The molecule has 0 radical (unpaired) electrons. The quantitative estimate of drug-likeness (QED) is 0.469. The normalized spacial score (nSPS) is 12.6. The van der Waals surface area contributed by atoms with Crippen LogP contribution in [0.1, 0.15) is 17.8 Å². The Bertz CT molecular complexity index is 1130. The largest absolute Gasteiger partial charge is 0.453 e. The van der Waals surface area contributed by atoms with E-state index in [1.165, 1.54) is 12.3 Å². The number of nitrogens with zero attached hydrogens (tertiary/aromatic N) is 5. The van der Waals surface area contributed by atoms with Crippen LogP contribution in [0.3, 0.4) is 0 Å².